The summed E-state index contributed by atoms with van der Waals surface area (Å²) in [4.78, 5) is 24.4. The molecule has 9 nitrogen and oxygen atoms in total. The zero-order valence-corrected chi connectivity index (χ0v) is 20.0. The number of amides is 1. The maximum atomic E-state index is 12.1. The quantitative estimate of drug-likeness (QED) is 0.456. The summed E-state index contributed by atoms with van der Waals surface area (Å²) in [6, 6.07) is 8.53. The Balaban J connectivity index is 1.62. The van der Waals surface area contributed by atoms with E-state index in [-0.39, 0.29) is 17.4 Å². The van der Waals surface area contributed by atoms with E-state index in [0.29, 0.717) is 24.4 Å². The Morgan fingerprint density at radius 1 is 1.18 bits per heavy atom. The number of aromatic nitrogens is 4. The van der Waals surface area contributed by atoms with Crippen LogP contribution >= 0.6 is 0 Å². The van der Waals surface area contributed by atoms with Crippen LogP contribution in [0, 0.1) is 5.92 Å². The minimum Gasteiger partial charge on any atom is -0.382 e. The smallest absolute Gasteiger partial charge is 0.223 e. The lowest BCUT2D eigenvalue weighted by molar-refractivity contribution is -0.126. The fraction of sp³-hybridized carbons (Fsp3) is 0.520. The van der Waals surface area contributed by atoms with Gasteiger partial charge in [-0.1, -0.05) is 25.3 Å². The first-order valence-corrected chi connectivity index (χ1v) is 12.3. The third kappa shape index (κ3) is 3.87. The first kappa shape index (κ1) is 22.6. The number of primary amides is 1. The van der Waals surface area contributed by atoms with Crippen molar-refractivity contribution in [3.8, 4) is 11.3 Å². The van der Waals surface area contributed by atoms with E-state index in [2.05, 4.69) is 33.4 Å². The minimum atomic E-state index is -0.238. The lowest BCUT2D eigenvalue weighted by atomic mass is 9.74. The molecule has 1 saturated heterocycles. The summed E-state index contributed by atoms with van der Waals surface area (Å²) < 4.78 is 0. The molecule has 180 valence electrons. The van der Waals surface area contributed by atoms with Gasteiger partial charge in [-0.05, 0) is 50.8 Å². The van der Waals surface area contributed by atoms with E-state index in [1.807, 2.05) is 25.2 Å². The number of H-pyrrole nitrogens is 1. The second-order valence-corrected chi connectivity index (χ2v) is 9.85. The van der Waals surface area contributed by atoms with Crippen LogP contribution in [-0.2, 0) is 10.3 Å². The van der Waals surface area contributed by atoms with Gasteiger partial charge in [-0.2, -0.15) is 5.10 Å². The van der Waals surface area contributed by atoms with Crippen molar-refractivity contribution in [3.05, 3.63) is 30.0 Å². The van der Waals surface area contributed by atoms with Crippen LogP contribution in [0.1, 0.15) is 57.6 Å². The minimum absolute atomic E-state index is 0.117. The highest BCUT2D eigenvalue weighted by atomic mass is 16.1. The Bertz CT molecular complexity index is 1200. The number of anilines is 2. The molecule has 0 bridgehead atoms. The van der Waals surface area contributed by atoms with Crippen LogP contribution in [0.2, 0.25) is 0 Å². The van der Waals surface area contributed by atoms with Gasteiger partial charge in [-0.25, -0.2) is 9.97 Å². The molecule has 3 aromatic rings. The molecule has 9 heteroatoms. The number of carbonyl (C=O) groups excluding carboxylic acids is 1. The number of nitrogens with zero attached hydrogens (tertiary/aromatic N) is 4. The number of hydrogen-bond donors (Lipinski definition) is 4. The number of piperidine rings is 1. The van der Waals surface area contributed by atoms with Crippen LogP contribution in [0.25, 0.3) is 22.2 Å². The molecule has 2 aliphatic rings. The van der Waals surface area contributed by atoms with E-state index in [0.717, 1.165) is 66.4 Å². The average molecular weight is 463 g/mol. The number of hydrogen-bond acceptors (Lipinski definition) is 7. The van der Waals surface area contributed by atoms with Gasteiger partial charge in [0.05, 0.1) is 28.4 Å². The standard InChI is InChI=1S/C25H34N8O/c1-15-6-7-17(23(27)34)14-33(15)25(10-4-3-5-11-25)21-13-19(29-24(28-2)30-21)16-8-9-18-20(12-16)31-32-22(18)26/h8-9,12-13,15,17H,3-7,10-11,14H2,1-2H3,(H2,27,34)(H3,26,31,32)(H,28,29,30). The Morgan fingerprint density at radius 2 is 1.97 bits per heavy atom. The van der Waals surface area contributed by atoms with Gasteiger partial charge in [0.1, 0.15) is 0 Å². The predicted octanol–water partition coefficient (Wildman–Crippen LogP) is 3.39. The molecule has 1 saturated carbocycles. The van der Waals surface area contributed by atoms with Crippen LogP contribution in [0.4, 0.5) is 11.8 Å². The van der Waals surface area contributed by atoms with Gasteiger partial charge < -0.3 is 16.8 Å². The van der Waals surface area contributed by atoms with Crippen LogP contribution in [0.3, 0.4) is 0 Å². The second-order valence-electron chi connectivity index (χ2n) is 9.85. The van der Waals surface area contributed by atoms with Crippen molar-refractivity contribution in [3.63, 3.8) is 0 Å². The summed E-state index contributed by atoms with van der Waals surface area (Å²) in [5.74, 6) is 0.769. The summed E-state index contributed by atoms with van der Waals surface area (Å²) in [7, 11) is 1.85. The molecule has 0 spiro atoms. The average Bonchev–Trinajstić information content (AvgIpc) is 3.24. The summed E-state index contributed by atoms with van der Waals surface area (Å²) in [5, 5.41) is 11.2. The molecule has 3 heterocycles. The van der Waals surface area contributed by atoms with Crippen molar-refractivity contribution in [1.29, 1.82) is 0 Å². The van der Waals surface area contributed by atoms with Gasteiger partial charge in [-0.15, -0.1) is 0 Å². The first-order chi connectivity index (χ1) is 16.4. The molecule has 2 fully saturated rings. The third-order valence-corrected chi connectivity index (χ3v) is 7.83. The van der Waals surface area contributed by atoms with Crippen LogP contribution in [-0.4, -0.2) is 50.6 Å². The Kier molecular flexibility index (Phi) is 5.89. The number of likely N-dealkylation sites (tertiary alicyclic amines) is 1. The summed E-state index contributed by atoms with van der Waals surface area (Å²) in [6.07, 6.45) is 7.34. The van der Waals surface area contributed by atoms with E-state index in [1.54, 1.807) is 0 Å². The van der Waals surface area contributed by atoms with Gasteiger partial charge in [0.2, 0.25) is 11.9 Å². The number of nitrogen functional groups attached to an aromatic ring is 1. The maximum absolute atomic E-state index is 12.1. The lowest BCUT2D eigenvalue weighted by Crippen LogP contribution is -2.57. The second kappa shape index (κ2) is 8.87. The molecule has 1 aliphatic heterocycles. The Hall–Kier alpha value is -3.20. The van der Waals surface area contributed by atoms with Gasteiger partial charge >= 0.3 is 0 Å². The lowest BCUT2D eigenvalue weighted by Gasteiger charge is -2.52. The number of rotatable bonds is 5. The highest BCUT2D eigenvalue weighted by Crippen LogP contribution is 2.46. The molecule has 1 aromatic carbocycles. The van der Waals surface area contributed by atoms with Gasteiger partial charge in [-0.3, -0.25) is 14.8 Å². The zero-order valence-electron chi connectivity index (χ0n) is 20.0. The molecule has 5 rings (SSSR count). The van der Waals surface area contributed by atoms with Crippen molar-refractivity contribution in [1.82, 2.24) is 25.1 Å². The zero-order chi connectivity index (χ0) is 23.9. The van der Waals surface area contributed by atoms with Gasteiger partial charge in [0.15, 0.2) is 5.82 Å². The summed E-state index contributed by atoms with van der Waals surface area (Å²) >= 11 is 0. The van der Waals surface area contributed by atoms with Crippen LogP contribution in [0.5, 0.6) is 0 Å². The number of aromatic amines is 1. The number of nitrogens with one attached hydrogen (secondary N) is 2. The molecule has 1 aliphatic carbocycles. The molecule has 34 heavy (non-hydrogen) atoms. The van der Waals surface area contributed by atoms with Gasteiger partial charge in [0.25, 0.3) is 0 Å². The summed E-state index contributed by atoms with van der Waals surface area (Å²) in [5.41, 5.74) is 15.2. The highest BCUT2D eigenvalue weighted by Gasteiger charge is 2.46. The number of carbonyl (C=O) groups is 1. The number of fused-ring (bicyclic) bond motifs is 1. The first-order valence-electron chi connectivity index (χ1n) is 12.3. The van der Waals surface area contributed by atoms with E-state index < -0.39 is 0 Å². The number of benzene rings is 1. The van der Waals surface area contributed by atoms with Crippen LogP contribution in [0.15, 0.2) is 24.3 Å². The van der Waals surface area contributed by atoms with E-state index in [1.165, 1.54) is 6.42 Å². The molecule has 6 N–H and O–H groups in total. The largest absolute Gasteiger partial charge is 0.382 e. The Morgan fingerprint density at radius 3 is 2.71 bits per heavy atom. The number of nitrogens with two attached hydrogens (primary N) is 2. The molecule has 0 radical (unpaired) electrons. The molecular formula is C25H34N8O. The molecule has 1 amide bonds. The van der Waals surface area contributed by atoms with E-state index >= 15 is 0 Å². The normalized spacial score (nSPS) is 23.1. The van der Waals surface area contributed by atoms with Crippen molar-refractivity contribution >= 4 is 28.6 Å². The monoisotopic (exact) mass is 462 g/mol. The molecule has 2 atom stereocenters. The fourth-order valence-electron chi connectivity index (χ4n) is 5.91. The SMILES string of the molecule is CNc1nc(-c2ccc3c(N)n[nH]c3c2)cc(C2(N3CC(C(N)=O)CCC3C)CCCCC2)n1. The predicted molar refractivity (Wildman–Crippen MR) is 134 cm³/mol. The topological polar surface area (TPSA) is 139 Å². The van der Waals surface area contributed by atoms with E-state index in [4.69, 9.17) is 21.4 Å². The summed E-state index contributed by atoms with van der Waals surface area (Å²) in [6.45, 7) is 2.95. The van der Waals surface area contributed by atoms with Crippen molar-refractivity contribution in [2.24, 2.45) is 11.7 Å². The molecule has 2 unspecified atom stereocenters. The maximum Gasteiger partial charge on any atom is 0.223 e. The van der Waals surface area contributed by atoms with Crippen molar-refractivity contribution in [2.45, 2.75) is 63.5 Å². The van der Waals surface area contributed by atoms with E-state index in [9.17, 15) is 4.79 Å². The fourth-order valence-corrected chi connectivity index (χ4v) is 5.91. The third-order valence-electron chi connectivity index (χ3n) is 7.83. The molecule has 2 aromatic heterocycles. The Labute approximate surface area is 199 Å². The van der Waals surface area contributed by atoms with Gasteiger partial charge in [0, 0.05) is 30.6 Å². The van der Waals surface area contributed by atoms with Crippen molar-refractivity contribution in [2.75, 3.05) is 24.6 Å². The van der Waals surface area contributed by atoms with Crippen LogP contribution < -0.4 is 16.8 Å². The molecular weight excluding hydrogens is 428 g/mol. The van der Waals surface area contributed by atoms with Crippen molar-refractivity contribution < 1.29 is 4.79 Å². The highest BCUT2D eigenvalue weighted by molar-refractivity contribution is 5.91.